The second kappa shape index (κ2) is 11.3. The highest BCUT2D eigenvalue weighted by Gasteiger charge is 2.34. The second-order valence-electron chi connectivity index (χ2n) is 8.78. The van der Waals surface area contributed by atoms with Crippen LogP contribution in [0.5, 0.6) is 0 Å². The lowest BCUT2D eigenvalue weighted by molar-refractivity contribution is -0.138. The molecule has 38 heavy (non-hydrogen) atoms. The summed E-state index contributed by atoms with van der Waals surface area (Å²) < 4.78 is 41.6. The fraction of sp³-hybridized carbons (Fsp3) is 0.375. The normalized spacial score (nSPS) is 14.7. The van der Waals surface area contributed by atoms with Crippen molar-refractivity contribution in [2.75, 3.05) is 56.2 Å². The fourth-order valence-corrected chi connectivity index (χ4v) is 4.95. The van der Waals surface area contributed by atoms with E-state index in [1.807, 2.05) is 18.0 Å². The van der Waals surface area contributed by atoms with Crippen LogP contribution >= 0.6 is 11.3 Å². The number of nitrogens with zero attached hydrogens (tertiary/aromatic N) is 6. The number of urea groups is 1. The predicted molar refractivity (Wildman–Crippen MR) is 139 cm³/mol. The van der Waals surface area contributed by atoms with E-state index in [1.165, 1.54) is 18.3 Å². The number of nitrogens with one attached hydrogen (secondary N) is 3. The third-order valence-electron chi connectivity index (χ3n) is 6.03. The first-order valence-electron chi connectivity index (χ1n) is 11.7. The largest absolute Gasteiger partial charge is 0.416 e. The number of halogens is 3. The Balaban J connectivity index is 1.49. The van der Waals surface area contributed by atoms with Gasteiger partial charge in [0.15, 0.2) is 5.13 Å². The number of thiazole rings is 1. The van der Waals surface area contributed by atoms with Crippen LogP contribution in [0.25, 0.3) is 10.6 Å². The van der Waals surface area contributed by atoms with Gasteiger partial charge in [0.2, 0.25) is 5.95 Å². The maximum atomic E-state index is 13.9. The first-order valence-corrected chi connectivity index (χ1v) is 12.5. The van der Waals surface area contributed by atoms with E-state index >= 15 is 0 Å². The van der Waals surface area contributed by atoms with Crippen LogP contribution in [0.1, 0.15) is 22.4 Å². The number of aryl methyl sites for hydroxylation is 1. The van der Waals surface area contributed by atoms with Gasteiger partial charge in [-0.3, -0.25) is 10.2 Å². The lowest BCUT2D eigenvalue weighted by atomic mass is 10.0. The molecule has 2 amide bonds. The molecule has 0 atom stereocenters. The summed E-state index contributed by atoms with van der Waals surface area (Å²) in [4.78, 5) is 30.0. The van der Waals surface area contributed by atoms with Gasteiger partial charge in [-0.05, 0) is 31.7 Å². The van der Waals surface area contributed by atoms with Crippen molar-refractivity contribution in [3.05, 3.63) is 46.8 Å². The Hall–Kier alpha value is -3.80. The Morgan fingerprint density at radius 2 is 1.92 bits per heavy atom. The summed E-state index contributed by atoms with van der Waals surface area (Å²) in [5.74, 6) is 0.315. The Kier molecular flexibility index (Phi) is 8.10. The number of carbonyl (C=O) groups excluding carboxylic acids is 1. The van der Waals surface area contributed by atoms with E-state index < -0.39 is 17.8 Å². The van der Waals surface area contributed by atoms with Crippen LogP contribution in [0.2, 0.25) is 0 Å². The van der Waals surface area contributed by atoms with Gasteiger partial charge in [0.1, 0.15) is 11.8 Å². The highest BCUT2D eigenvalue weighted by atomic mass is 32.1. The standard InChI is InChI=1S/C24H26F3N9OS/c1-14-20(19-16(11-28)12-30-21(29-2)33-19)38-23(31-14)34-22(37)32-17-5-4-15(18(10-17)24(25,26)27)13-36-8-6-35(3)7-9-36/h4-5,10,12H,6-9,13H2,1-3H3,(H,29,30,33)(H2,31,32,34,37). The Morgan fingerprint density at radius 3 is 2.58 bits per heavy atom. The van der Waals surface area contributed by atoms with Crippen LogP contribution in [0.3, 0.4) is 0 Å². The van der Waals surface area contributed by atoms with Crippen molar-refractivity contribution in [2.24, 2.45) is 0 Å². The molecule has 0 saturated carbocycles. The molecule has 1 aromatic carbocycles. The number of piperazine rings is 1. The second-order valence-corrected chi connectivity index (χ2v) is 9.78. The predicted octanol–water partition coefficient (Wildman–Crippen LogP) is 4.23. The van der Waals surface area contributed by atoms with Crippen molar-refractivity contribution in [2.45, 2.75) is 19.6 Å². The summed E-state index contributed by atoms with van der Waals surface area (Å²) >= 11 is 1.09. The number of aromatic nitrogens is 3. The number of anilines is 3. The van der Waals surface area contributed by atoms with Crippen LogP contribution < -0.4 is 16.0 Å². The number of benzene rings is 1. The molecule has 2 aromatic heterocycles. The van der Waals surface area contributed by atoms with Gasteiger partial charge in [0.25, 0.3) is 0 Å². The van der Waals surface area contributed by atoms with E-state index in [9.17, 15) is 23.2 Å². The van der Waals surface area contributed by atoms with Gasteiger partial charge in [0, 0.05) is 45.5 Å². The molecule has 0 unspecified atom stereocenters. The average Bonchev–Trinajstić information content (AvgIpc) is 3.24. The monoisotopic (exact) mass is 545 g/mol. The molecule has 1 aliphatic rings. The number of amides is 2. The van der Waals surface area contributed by atoms with E-state index in [4.69, 9.17) is 0 Å². The lowest BCUT2D eigenvalue weighted by Gasteiger charge is -2.33. The van der Waals surface area contributed by atoms with E-state index in [0.717, 1.165) is 30.5 Å². The van der Waals surface area contributed by atoms with Gasteiger partial charge < -0.3 is 15.5 Å². The third-order valence-corrected chi connectivity index (χ3v) is 7.11. The molecule has 3 heterocycles. The maximum absolute atomic E-state index is 13.9. The van der Waals surface area contributed by atoms with Gasteiger partial charge in [-0.2, -0.15) is 18.4 Å². The minimum absolute atomic E-state index is 0.00619. The fourth-order valence-electron chi connectivity index (χ4n) is 3.99. The number of likely N-dealkylation sites (N-methyl/N-ethyl adjacent to an activating group) is 1. The van der Waals surface area contributed by atoms with Crippen molar-refractivity contribution in [1.29, 1.82) is 5.26 Å². The number of hydrogen-bond acceptors (Lipinski definition) is 9. The van der Waals surface area contributed by atoms with E-state index in [1.54, 1.807) is 14.0 Å². The first-order chi connectivity index (χ1) is 18.1. The van der Waals surface area contributed by atoms with E-state index in [0.29, 0.717) is 35.3 Å². The zero-order chi connectivity index (χ0) is 27.4. The Labute approximate surface area is 221 Å². The highest BCUT2D eigenvalue weighted by Crippen LogP contribution is 2.36. The molecular formula is C24H26F3N9OS. The van der Waals surface area contributed by atoms with Gasteiger partial charge >= 0.3 is 12.2 Å². The van der Waals surface area contributed by atoms with Crippen molar-refractivity contribution in [3.63, 3.8) is 0 Å². The van der Waals surface area contributed by atoms with E-state index in [2.05, 4.69) is 35.8 Å². The highest BCUT2D eigenvalue weighted by molar-refractivity contribution is 7.19. The molecule has 0 aliphatic carbocycles. The molecule has 0 radical (unpaired) electrons. The molecule has 1 saturated heterocycles. The smallest absolute Gasteiger partial charge is 0.357 e. The molecule has 3 aromatic rings. The molecular weight excluding hydrogens is 519 g/mol. The first kappa shape index (κ1) is 27.2. The minimum Gasteiger partial charge on any atom is -0.357 e. The number of rotatable bonds is 6. The zero-order valence-corrected chi connectivity index (χ0v) is 21.8. The van der Waals surface area contributed by atoms with Gasteiger partial charge in [0.05, 0.1) is 27.9 Å². The van der Waals surface area contributed by atoms with Crippen LogP contribution in [-0.2, 0) is 12.7 Å². The zero-order valence-electron chi connectivity index (χ0n) is 21.0. The van der Waals surface area contributed by atoms with Gasteiger partial charge in [-0.25, -0.2) is 19.7 Å². The van der Waals surface area contributed by atoms with Crippen molar-refractivity contribution in [3.8, 4) is 16.6 Å². The number of nitriles is 1. The number of alkyl halides is 3. The molecule has 10 nitrogen and oxygen atoms in total. The number of carbonyl (C=O) groups is 1. The quantitative estimate of drug-likeness (QED) is 0.421. The summed E-state index contributed by atoms with van der Waals surface area (Å²) in [7, 11) is 3.63. The molecule has 0 spiro atoms. The van der Waals surface area contributed by atoms with Crippen molar-refractivity contribution in [1.82, 2.24) is 24.8 Å². The lowest BCUT2D eigenvalue weighted by Crippen LogP contribution is -2.44. The molecule has 200 valence electrons. The Morgan fingerprint density at radius 1 is 1.18 bits per heavy atom. The van der Waals surface area contributed by atoms with Gasteiger partial charge in [-0.1, -0.05) is 17.4 Å². The van der Waals surface area contributed by atoms with Gasteiger partial charge in [-0.15, -0.1) is 0 Å². The SMILES string of the molecule is CNc1ncc(C#N)c(-c2sc(NC(=O)Nc3ccc(CN4CCN(C)CC4)c(C(F)(F)F)c3)nc2C)n1. The molecule has 1 fully saturated rings. The van der Waals surface area contributed by atoms with Crippen LogP contribution in [0.15, 0.2) is 24.4 Å². The molecule has 0 bridgehead atoms. The van der Waals surface area contributed by atoms with Crippen molar-refractivity contribution >= 4 is 34.1 Å². The molecule has 4 rings (SSSR count). The van der Waals surface area contributed by atoms with Crippen LogP contribution in [-0.4, -0.2) is 71.1 Å². The third kappa shape index (κ3) is 6.36. The van der Waals surface area contributed by atoms with Crippen LogP contribution in [0, 0.1) is 18.3 Å². The summed E-state index contributed by atoms with van der Waals surface area (Å²) in [6, 6.07) is 5.10. The number of hydrogen-bond donors (Lipinski definition) is 3. The van der Waals surface area contributed by atoms with Crippen LogP contribution in [0.4, 0.5) is 34.7 Å². The summed E-state index contributed by atoms with van der Waals surface area (Å²) in [6.45, 7) is 4.85. The maximum Gasteiger partial charge on any atom is 0.416 e. The Bertz CT molecular complexity index is 1360. The minimum atomic E-state index is -4.57. The summed E-state index contributed by atoms with van der Waals surface area (Å²) in [5, 5.41) is 17.4. The molecule has 14 heteroatoms. The molecule has 1 aliphatic heterocycles. The van der Waals surface area contributed by atoms with E-state index in [-0.39, 0.29) is 28.5 Å². The summed E-state index contributed by atoms with van der Waals surface area (Å²) in [6.07, 6.45) is -3.18. The van der Waals surface area contributed by atoms with Crippen molar-refractivity contribution < 1.29 is 18.0 Å². The topological polar surface area (TPSA) is 122 Å². The average molecular weight is 546 g/mol. The summed E-state index contributed by atoms with van der Waals surface area (Å²) in [5.41, 5.74) is 0.507. The molecule has 3 N–H and O–H groups in total.